The summed E-state index contributed by atoms with van der Waals surface area (Å²) in [5, 5.41) is 0.655. The van der Waals surface area contributed by atoms with Crippen molar-refractivity contribution < 1.29 is 19.1 Å². The summed E-state index contributed by atoms with van der Waals surface area (Å²) in [4.78, 5) is 28.7. The molecule has 2 heterocycles. The van der Waals surface area contributed by atoms with Crippen LogP contribution in [-0.2, 0) is 4.74 Å². The predicted molar refractivity (Wildman–Crippen MR) is 124 cm³/mol. The second-order valence-corrected chi connectivity index (χ2v) is 9.46. The van der Waals surface area contributed by atoms with E-state index in [-0.39, 0.29) is 18.0 Å². The standard InChI is InChI=1S/C24H32ClN3O4/c1-24(2,3)32-23(30)27-14-11-19(12-15-27)28-13-5-6-21(28)22(29)26(4)16-17-31-20-9-7-18(25)8-10-20/h5-10,13,19H,11-12,14-17H2,1-4H3. The van der Waals surface area contributed by atoms with Gasteiger partial charge in [0.2, 0.25) is 0 Å². The zero-order chi connectivity index (χ0) is 23.3. The van der Waals surface area contributed by atoms with Gasteiger partial charge in [-0.25, -0.2) is 4.79 Å². The molecule has 1 aliphatic rings. The van der Waals surface area contributed by atoms with Gasteiger partial charge in [0.1, 0.15) is 23.7 Å². The Kier molecular flexibility index (Phi) is 7.72. The molecule has 0 saturated carbocycles. The highest BCUT2D eigenvalue weighted by atomic mass is 35.5. The highest BCUT2D eigenvalue weighted by molar-refractivity contribution is 6.30. The van der Waals surface area contributed by atoms with E-state index >= 15 is 0 Å². The number of likely N-dealkylation sites (N-methyl/N-ethyl adjacent to an activating group) is 1. The molecule has 1 fully saturated rings. The summed E-state index contributed by atoms with van der Waals surface area (Å²) in [7, 11) is 1.77. The molecule has 1 aliphatic heterocycles. The van der Waals surface area contributed by atoms with E-state index in [1.165, 1.54) is 0 Å². The number of likely N-dealkylation sites (tertiary alicyclic amines) is 1. The molecule has 0 spiro atoms. The largest absolute Gasteiger partial charge is 0.492 e. The van der Waals surface area contributed by atoms with E-state index in [2.05, 4.69) is 0 Å². The molecule has 2 amide bonds. The van der Waals surface area contributed by atoms with Gasteiger partial charge < -0.3 is 23.8 Å². The molecular weight excluding hydrogens is 430 g/mol. The first-order valence-electron chi connectivity index (χ1n) is 10.9. The summed E-state index contributed by atoms with van der Waals surface area (Å²) in [6.07, 6.45) is 3.22. The quantitative estimate of drug-likeness (QED) is 0.616. The van der Waals surface area contributed by atoms with Gasteiger partial charge >= 0.3 is 6.09 Å². The van der Waals surface area contributed by atoms with Crippen molar-refractivity contribution in [3.05, 3.63) is 53.3 Å². The maximum Gasteiger partial charge on any atom is 0.410 e. The van der Waals surface area contributed by atoms with Crippen LogP contribution in [0.5, 0.6) is 5.75 Å². The Morgan fingerprint density at radius 2 is 1.78 bits per heavy atom. The zero-order valence-corrected chi connectivity index (χ0v) is 20.0. The third kappa shape index (κ3) is 6.42. The lowest BCUT2D eigenvalue weighted by molar-refractivity contribution is 0.0186. The molecule has 0 atom stereocenters. The zero-order valence-electron chi connectivity index (χ0n) is 19.2. The summed E-state index contributed by atoms with van der Waals surface area (Å²) < 4.78 is 13.2. The highest BCUT2D eigenvalue weighted by Crippen LogP contribution is 2.26. The van der Waals surface area contributed by atoms with Gasteiger partial charge in [-0.15, -0.1) is 0 Å². The molecule has 8 heteroatoms. The first-order chi connectivity index (χ1) is 15.1. The summed E-state index contributed by atoms with van der Waals surface area (Å²) >= 11 is 5.89. The van der Waals surface area contributed by atoms with Gasteiger partial charge in [-0.2, -0.15) is 0 Å². The van der Waals surface area contributed by atoms with Crippen LogP contribution in [0.25, 0.3) is 0 Å². The van der Waals surface area contributed by atoms with Gasteiger partial charge in [-0.1, -0.05) is 11.6 Å². The van der Waals surface area contributed by atoms with Crippen LogP contribution in [0.4, 0.5) is 4.79 Å². The Morgan fingerprint density at radius 1 is 1.12 bits per heavy atom. The number of carbonyl (C=O) groups is 2. The average Bonchev–Trinajstić information content (AvgIpc) is 3.23. The van der Waals surface area contributed by atoms with Crippen LogP contribution in [0.2, 0.25) is 5.02 Å². The van der Waals surface area contributed by atoms with Crippen molar-refractivity contribution in [1.82, 2.24) is 14.4 Å². The fourth-order valence-electron chi connectivity index (χ4n) is 3.67. The van der Waals surface area contributed by atoms with Crippen LogP contribution in [0.15, 0.2) is 42.6 Å². The maximum atomic E-state index is 13.0. The van der Waals surface area contributed by atoms with Gasteiger partial charge in [-0.3, -0.25) is 4.79 Å². The molecule has 3 rings (SSSR count). The van der Waals surface area contributed by atoms with Crippen LogP contribution >= 0.6 is 11.6 Å². The number of halogens is 1. The fourth-order valence-corrected chi connectivity index (χ4v) is 3.80. The molecule has 0 bridgehead atoms. The van der Waals surface area contributed by atoms with Crippen LogP contribution < -0.4 is 4.74 Å². The number of carbonyl (C=O) groups excluding carboxylic acids is 2. The third-order valence-electron chi connectivity index (χ3n) is 5.36. The van der Waals surface area contributed by atoms with E-state index < -0.39 is 5.60 Å². The van der Waals surface area contributed by atoms with Crippen molar-refractivity contribution >= 4 is 23.6 Å². The SMILES string of the molecule is CN(CCOc1ccc(Cl)cc1)C(=O)c1cccn1C1CCN(C(=O)OC(C)(C)C)CC1. The molecule has 0 radical (unpaired) electrons. The van der Waals surface area contributed by atoms with Crippen LogP contribution in [0.1, 0.15) is 50.1 Å². The van der Waals surface area contributed by atoms with Crippen LogP contribution in [0, 0.1) is 0 Å². The number of piperidine rings is 1. The number of hydrogen-bond acceptors (Lipinski definition) is 4. The number of aromatic nitrogens is 1. The molecule has 0 aliphatic carbocycles. The Balaban J connectivity index is 1.52. The van der Waals surface area contributed by atoms with Crippen molar-refractivity contribution in [2.45, 2.75) is 45.3 Å². The average molecular weight is 462 g/mol. The van der Waals surface area contributed by atoms with Crippen molar-refractivity contribution in [3.8, 4) is 5.75 Å². The minimum Gasteiger partial charge on any atom is -0.492 e. The van der Waals surface area contributed by atoms with Gasteiger partial charge in [0.25, 0.3) is 5.91 Å². The fraction of sp³-hybridized carbons (Fsp3) is 0.500. The molecule has 2 aromatic rings. The minimum absolute atomic E-state index is 0.0516. The van der Waals surface area contributed by atoms with E-state index in [9.17, 15) is 9.59 Å². The molecule has 0 N–H and O–H groups in total. The third-order valence-corrected chi connectivity index (χ3v) is 5.62. The van der Waals surface area contributed by atoms with E-state index in [0.29, 0.717) is 37.0 Å². The topological polar surface area (TPSA) is 64.0 Å². The van der Waals surface area contributed by atoms with Gasteiger partial charge in [0.15, 0.2) is 0 Å². The second-order valence-electron chi connectivity index (χ2n) is 9.03. The van der Waals surface area contributed by atoms with E-state index in [1.54, 1.807) is 41.1 Å². The lowest BCUT2D eigenvalue weighted by atomic mass is 10.0. The van der Waals surface area contributed by atoms with Crippen LogP contribution in [-0.4, -0.2) is 65.3 Å². The van der Waals surface area contributed by atoms with Gasteiger partial charge in [0, 0.05) is 37.4 Å². The van der Waals surface area contributed by atoms with E-state index in [0.717, 1.165) is 18.6 Å². The number of nitrogens with zero attached hydrogens (tertiary/aromatic N) is 3. The van der Waals surface area contributed by atoms with Crippen molar-refractivity contribution in [2.75, 3.05) is 33.3 Å². The number of hydrogen-bond donors (Lipinski definition) is 0. The van der Waals surface area contributed by atoms with E-state index in [1.807, 2.05) is 43.7 Å². The molecule has 1 aromatic carbocycles. The number of ether oxygens (including phenoxy) is 2. The molecule has 1 saturated heterocycles. The maximum absolute atomic E-state index is 13.0. The molecule has 1 aromatic heterocycles. The van der Waals surface area contributed by atoms with Crippen molar-refractivity contribution in [1.29, 1.82) is 0 Å². The van der Waals surface area contributed by atoms with E-state index in [4.69, 9.17) is 21.1 Å². The smallest absolute Gasteiger partial charge is 0.410 e. The summed E-state index contributed by atoms with van der Waals surface area (Å²) in [6.45, 7) is 7.67. The first kappa shape index (κ1) is 24.0. The Morgan fingerprint density at radius 3 is 2.41 bits per heavy atom. The Bertz CT molecular complexity index is 912. The molecular formula is C24H32ClN3O4. The molecule has 0 unspecified atom stereocenters. The van der Waals surface area contributed by atoms with Gasteiger partial charge in [0.05, 0.1) is 6.54 Å². The lowest BCUT2D eigenvalue weighted by Gasteiger charge is -2.34. The molecule has 32 heavy (non-hydrogen) atoms. The summed E-state index contributed by atoms with van der Waals surface area (Å²) in [5.41, 5.74) is 0.144. The first-order valence-corrected chi connectivity index (χ1v) is 11.3. The number of amides is 2. The minimum atomic E-state index is -0.504. The number of benzene rings is 1. The van der Waals surface area contributed by atoms with Crippen molar-refractivity contribution in [3.63, 3.8) is 0 Å². The molecule has 174 valence electrons. The highest BCUT2D eigenvalue weighted by Gasteiger charge is 2.29. The summed E-state index contributed by atoms with van der Waals surface area (Å²) in [6, 6.07) is 11.1. The monoisotopic (exact) mass is 461 g/mol. The normalized spacial score (nSPS) is 14.8. The summed E-state index contributed by atoms with van der Waals surface area (Å²) in [5.74, 6) is 0.666. The predicted octanol–water partition coefficient (Wildman–Crippen LogP) is 4.86. The second kappa shape index (κ2) is 10.3. The molecule has 7 nitrogen and oxygen atoms in total. The Labute approximate surface area is 194 Å². The number of rotatable bonds is 6. The van der Waals surface area contributed by atoms with Gasteiger partial charge in [-0.05, 0) is 70.0 Å². The lowest BCUT2D eigenvalue weighted by Crippen LogP contribution is -2.42. The Hall–Kier alpha value is -2.67. The van der Waals surface area contributed by atoms with Crippen LogP contribution in [0.3, 0.4) is 0 Å². The van der Waals surface area contributed by atoms with Crippen molar-refractivity contribution in [2.24, 2.45) is 0 Å².